The van der Waals surface area contributed by atoms with Crippen LogP contribution in [0.4, 0.5) is 0 Å². The van der Waals surface area contributed by atoms with E-state index in [0.717, 1.165) is 11.1 Å². The van der Waals surface area contributed by atoms with E-state index in [1.807, 2.05) is 38.1 Å². The largest absolute Gasteiger partial charge is 0.479 e. The fraction of sp³-hybridized carbons (Fsp3) is 0.357. The standard InChI is InChI=1S/C14H16O3/c1-5-10-7-6-8-11(9-10)14(2,3)12(17-4)13(15)16/h1,6-9,12H,2-4H3,(H,15,16). The second-order valence-electron chi connectivity index (χ2n) is 4.40. The average molecular weight is 232 g/mol. The molecule has 0 aromatic heterocycles. The van der Waals surface area contributed by atoms with E-state index < -0.39 is 17.5 Å². The molecule has 17 heavy (non-hydrogen) atoms. The van der Waals surface area contributed by atoms with Crippen molar-refractivity contribution in [3.8, 4) is 12.3 Å². The lowest BCUT2D eigenvalue weighted by Crippen LogP contribution is -2.41. The molecule has 3 nitrogen and oxygen atoms in total. The van der Waals surface area contributed by atoms with Crippen molar-refractivity contribution in [3.05, 3.63) is 35.4 Å². The first-order chi connectivity index (χ1) is 7.93. The number of hydrogen-bond acceptors (Lipinski definition) is 2. The average Bonchev–Trinajstić information content (AvgIpc) is 2.29. The number of ether oxygens (including phenoxy) is 1. The first-order valence-corrected chi connectivity index (χ1v) is 5.26. The molecular formula is C14H16O3. The van der Waals surface area contributed by atoms with Crippen LogP contribution < -0.4 is 0 Å². The minimum atomic E-state index is -0.983. The molecule has 1 unspecified atom stereocenters. The molecule has 1 aromatic carbocycles. The van der Waals surface area contributed by atoms with E-state index in [-0.39, 0.29) is 0 Å². The molecule has 1 rings (SSSR count). The van der Waals surface area contributed by atoms with Crippen molar-refractivity contribution in [2.45, 2.75) is 25.4 Å². The van der Waals surface area contributed by atoms with Crippen molar-refractivity contribution >= 4 is 5.97 Å². The van der Waals surface area contributed by atoms with Crippen LogP contribution in [0.5, 0.6) is 0 Å². The highest BCUT2D eigenvalue weighted by Crippen LogP contribution is 2.29. The van der Waals surface area contributed by atoms with Crippen molar-refractivity contribution < 1.29 is 14.6 Å². The van der Waals surface area contributed by atoms with E-state index in [2.05, 4.69) is 5.92 Å². The van der Waals surface area contributed by atoms with Crippen molar-refractivity contribution in [1.29, 1.82) is 0 Å². The molecule has 0 bridgehead atoms. The van der Waals surface area contributed by atoms with Gasteiger partial charge in [-0.2, -0.15) is 0 Å². The summed E-state index contributed by atoms with van der Waals surface area (Å²) in [5.74, 6) is 1.55. The van der Waals surface area contributed by atoms with Crippen molar-refractivity contribution in [2.75, 3.05) is 7.11 Å². The highest BCUT2D eigenvalue weighted by molar-refractivity contribution is 5.74. The second kappa shape index (κ2) is 5.03. The van der Waals surface area contributed by atoms with Gasteiger partial charge in [0.2, 0.25) is 0 Å². The lowest BCUT2D eigenvalue weighted by Gasteiger charge is -2.30. The molecule has 0 saturated carbocycles. The van der Waals surface area contributed by atoms with Gasteiger partial charge < -0.3 is 9.84 Å². The van der Waals surface area contributed by atoms with Gasteiger partial charge in [0, 0.05) is 18.1 Å². The van der Waals surface area contributed by atoms with Crippen LogP contribution in [0.3, 0.4) is 0 Å². The lowest BCUT2D eigenvalue weighted by atomic mass is 9.78. The molecule has 0 heterocycles. The first-order valence-electron chi connectivity index (χ1n) is 5.26. The third-order valence-electron chi connectivity index (χ3n) is 2.89. The van der Waals surface area contributed by atoms with Gasteiger partial charge in [-0.15, -0.1) is 6.42 Å². The third kappa shape index (κ3) is 2.66. The predicted octanol–water partition coefficient (Wildman–Crippen LogP) is 2.05. The smallest absolute Gasteiger partial charge is 0.333 e. The van der Waals surface area contributed by atoms with Crippen molar-refractivity contribution in [2.24, 2.45) is 0 Å². The summed E-state index contributed by atoms with van der Waals surface area (Å²) in [6.07, 6.45) is 4.43. The van der Waals surface area contributed by atoms with Crippen LogP contribution in [0, 0.1) is 12.3 Å². The van der Waals surface area contributed by atoms with Gasteiger partial charge in [0.25, 0.3) is 0 Å². The number of carbonyl (C=O) groups is 1. The molecule has 1 atom stereocenters. The molecule has 0 fully saturated rings. The van der Waals surface area contributed by atoms with Crippen LogP contribution in [0.25, 0.3) is 0 Å². The molecule has 0 radical (unpaired) electrons. The Hall–Kier alpha value is -1.79. The Morgan fingerprint density at radius 3 is 2.65 bits per heavy atom. The second-order valence-corrected chi connectivity index (χ2v) is 4.40. The third-order valence-corrected chi connectivity index (χ3v) is 2.89. The molecule has 0 aliphatic heterocycles. The Morgan fingerprint density at radius 2 is 2.18 bits per heavy atom. The van der Waals surface area contributed by atoms with Crippen LogP contribution in [0.15, 0.2) is 24.3 Å². The van der Waals surface area contributed by atoms with Gasteiger partial charge in [-0.1, -0.05) is 31.9 Å². The number of rotatable bonds is 4. The fourth-order valence-corrected chi connectivity index (χ4v) is 1.87. The number of benzene rings is 1. The van der Waals surface area contributed by atoms with Gasteiger partial charge in [-0.3, -0.25) is 0 Å². The summed E-state index contributed by atoms with van der Waals surface area (Å²) in [5, 5.41) is 9.13. The maximum Gasteiger partial charge on any atom is 0.333 e. The molecule has 0 spiro atoms. The SMILES string of the molecule is C#Cc1cccc(C(C)(C)C(OC)C(=O)O)c1. The fourth-order valence-electron chi connectivity index (χ4n) is 1.87. The summed E-state index contributed by atoms with van der Waals surface area (Å²) in [7, 11) is 1.39. The number of aliphatic carboxylic acids is 1. The van der Waals surface area contributed by atoms with E-state index in [1.54, 1.807) is 0 Å². The Balaban J connectivity index is 3.20. The van der Waals surface area contributed by atoms with E-state index >= 15 is 0 Å². The summed E-state index contributed by atoms with van der Waals surface area (Å²) < 4.78 is 5.05. The molecule has 1 N–H and O–H groups in total. The zero-order chi connectivity index (χ0) is 13.1. The summed E-state index contributed by atoms with van der Waals surface area (Å²) in [5.41, 5.74) is 0.936. The number of carboxylic acid groups (broad SMARTS) is 1. The normalized spacial score (nSPS) is 12.8. The molecule has 1 aromatic rings. The van der Waals surface area contributed by atoms with Gasteiger partial charge in [0.15, 0.2) is 6.10 Å². The maximum absolute atomic E-state index is 11.1. The monoisotopic (exact) mass is 232 g/mol. The minimum absolute atomic E-state index is 0.645. The minimum Gasteiger partial charge on any atom is -0.479 e. The van der Waals surface area contributed by atoms with E-state index in [9.17, 15) is 4.79 Å². The van der Waals surface area contributed by atoms with Crippen LogP contribution in [-0.2, 0) is 14.9 Å². The molecule has 3 heteroatoms. The van der Waals surface area contributed by atoms with Gasteiger partial charge in [-0.05, 0) is 17.7 Å². The van der Waals surface area contributed by atoms with Crippen LogP contribution in [0.1, 0.15) is 25.0 Å². The zero-order valence-electron chi connectivity index (χ0n) is 10.2. The maximum atomic E-state index is 11.1. The Bertz CT molecular complexity index is 455. The van der Waals surface area contributed by atoms with E-state index in [4.69, 9.17) is 16.3 Å². The molecule has 90 valence electrons. The Morgan fingerprint density at radius 1 is 1.53 bits per heavy atom. The van der Waals surface area contributed by atoms with Gasteiger partial charge in [0.05, 0.1) is 0 Å². The topological polar surface area (TPSA) is 46.5 Å². The van der Waals surface area contributed by atoms with Crippen LogP contribution >= 0.6 is 0 Å². The predicted molar refractivity (Wildman–Crippen MR) is 65.8 cm³/mol. The van der Waals surface area contributed by atoms with Gasteiger partial charge >= 0.3 is 5.97 Å². The van der Waals surface area contributed by atoms with E-state index in [0.29, 0.717) is 0 Å². The molecule has 0 aliphatic rings. The molecule has 0 saturated heterocycles. The number of methoxy groups -OCH3 is 1. The Kier molecular flexibility index (Phi) is 3.93. The highest BCUT2D eigenvalue weighted by atomic mass is 16.5. The van der Waals surface area contributed by atoms with E-state index in [1.165, 1.54) is 7.11 Å². The summed E-state index contributed by atoms with van der Waals surface area (Å²) in [6.45, 7) is 3.65. The van der Waals surface area contributed by atoms with Crippen molar-refractivity contribution in [1.82, 2.24) is 0 Å². The first kappa shape index (κ1) is 13.3. The molecular weight excluding hydrogens is 216 g/mol. The van der Waals surface area contributed by atoms with Crippen LogP contribution in [-0.4, -0.2) is 24.3 Å². The number of hydrogen-bond donors (Lipinski definition) is 1. The Labute approximate surface area is 101 Å². The molecule has 0 aliphatic carbocycles. The summed E-state index contributed by atoms with van der Waals surface area (Å²) >= 11 is 0. The number of carboxylic acids is 1. The highest BCUT2D eigenvalue weighted by Gasteiger charge is 2.37. The van der Waals surface area contributed by atoms with Crippen LogP contribution in [0.2, 0.25) is 0 Å². The van der Waals surface area contributed by atoms with Gasteiger partial charge in [0.1, 0.15) is 0 Å². The van der Waals surface area contributed by atoms with Gasteiger partial charge in [-0.25, -0.2) is 4.79 Å². The molecule has 0 amide bonds. The lowest BCUT2D eigenvalue weighted by molar-refractivity contribution is -0.152. The number of terminal acetylenes is 1. The quantitative estimate of drug-likeness (QED) is 0.808. The summed E-state index contributed by atoms with van der Waals surface area (Å²) in [6, 6.07) is 7.30. The van der Waals surface area contributed by atoms with Crippen molar-refractivity contribution in [3.63, 3.8) is 0 Å². The summed E-state index contributed by atoms with van der Waals surface area (Å²) in [4.78, 5) is 11.1. The zero-order valence-corrected chi connectivity index (χ0v) is 10.2.